The Morgan fingerprint density at radius 1 is 0.967 bits per heavy atom. The lowest BCUT2D eigenvalue weighted by Gasteiger charge is -2.34. The molecule has 10 heteroatoms. The predicted octanol–water partition coefficient (Wildman–Crippen LogP) is 2.49. The smallest absolute Gasteiger partial charge is 0.352 e. The van der Waals surface area contributed by atoms with Gasteiger partial charge in [-0.3, -0.25) is 9.59 Å². The van der Waals surface area contributed by atoms with E-state index in [9.17, 15) is 27.6 Å². The van der Waals surface area contributed by atoms with Crippen LogP contribution in [0.5, 0.6) is 0 Å². The van der Waals surface area contributed by atoms with Crippen LogP contribution in [0.25, 0.3) is 0 Å². The number of rotatable bonds is 4. The van der Waals surface area contributed by atoms with Gasteiger partial charge in [-0.2, -0.15) is 13.2 Å². The summed E-state index contributed by atoms with van der Waals surface area (Å²) in [6.07, 6.45) is 2.67. The highest BCUT2D eigenvalue weighted by molar-refractivity contribution is 5.76. The summed E-state index contributed by atoms with van der Waals surface area (Å²) in [5.41, 5.74) is -1.65. The maximum absolute atomic E-state index is 12.8. The lowest BCUT2D eigenvalue weighted by molar-refractivity contribution is -0.138. The fraction of sp³-hybridized carbons (Fsp3) is 0.650. The molecule has 2 aliphatic rings. The minimum Gasteiger partial charge on any atom is -0.352 e. The second kappa shape index (κ2) is 9.53. The van der Waals surface area contributed by atoms with Gasteiger partial charge in [-0.1, -0.05) is 19.3 Å². The van der Waals surface area contributed by atoms with Crippen molar-refractivity contribution in [1.29, 1.82) is 0 Å². The van der Waals surface area contributed by atoms with Crippen LogP contribution in [0.1, 0.15) is 50.5 Å². The van der Waals surface area contributed by atoms with Crippen molar-refractivity contribution in [3.63, 3.8) is 0 Å². The third-order valence-corrected chi connectivity index (χ3v) is 5.70. The van der Waals surface area contributed by atoms with Gasteiger partial charge in [0.05, 0.1) is 5.56 Å². The highest BCUT2D eigenvalue weighted by Crippen LogP contribution is 2.28. The first-order valence-electron chi connectivity index (χ1n) is 10.3. The summed E-state index contributed by atoms with van der Waals surface area (Å²) in [6.45, 7) is 0.505. The minimum absolute atomic E-state index is 0.0813. The van der Waals surface area contributed by atoms with Crippen molar-refractivity contribution in [2.75, 3.05) is 13.1 Å². The number of alkyl halides is 3. The SMILES string of the molecule is O=C(Cn1cc(C(F)(F)F)ccc1=O)NC1CCN(C(=O)NC2CCCCC2)CC1. The summed E-state index contributed by atoms with van der Waals surface area (Å²) in [4.78, 5) is 38.1. The molecular weight excluding hydrogens is 401 g/mol. The van der Waals surface area contributed by atoms with Crippen molar-refractivity contribution < 1.29 is 22.8 Å². The summed E-state index contributed by atoms with van der Waals surface area (Å²) in [6, 6.07) is 1.47. The molecule has 0 spiro atoms. The standard InChI is InChI=1S/C20H27F3N4O3/c21-20(22,23)14-6-7-18(29)27(12-14)13-17(28)24-16-8-10-26(11-9-16)19(30)25-15-4-2-1-3-5-15/h6-7,12,15-16H,1-5,8-11,13H2,(H,24,28)(H,25,30). The molecule has 2 N–H and O–H groups in total. The van der Waals surface area contributed by atoms with Gasteiger partial charge in [0.15, 0.2) is 0 Å². The van der Waals surface area contributed by atoms with E-state index in [4.69, 9.17) is 0 Å². The molecule has 166 valence electrons. The largest absolute Gasteiger partial charge is 0.417 e. The second-order valence-electron chi connectivity index (χ2n) is 7.99. The molecule has 7 nitrogen and oxygen atoms in total. The zero-order chi connectivity index (χ0) is 21.7. The van der Waals surface area contributed by atoms with Crippen LogP contribution in [-0.2, 0) is 17.5 Å². The molecule has 0 bridgehead atoms. The Kier molecular flexibility index (Phi) is 7.04. The number of aromatic nitrogens is 1. The molecule has 0 unspecified atom stereocenters. The summed E-state index contributed by atoms with van der Waals surface area (Å²) in [5.74, 6) is -0.526. The third-order valence-electron chi connectivity index (χ3n) is 5.70. The van der Waals surface area contributed by atoms with E-state index in [1.807, 2.05) is 0 Å². The highest BCUT2D eigenvalue weighted by Gasteiger charge is 2.31. The first-order chi connectivity index (χ1) is 14.2. The lowest BCUT2D eigenvalue weighted by Crippen LogP contribution is -2.52. The van der Waals surface area contributed by atoms with Crippen molar-refractivity contribution in [2.45, 2.75) is 69.8 Å². The first-order valence-corrected chi connectivity index (χ1v) is 10.3. The number of carbonyl (C=O) groups is 2. The molecule has 30 heavy (non-hydrogen) atoms. The highest BCUT2D eigenvalue weighted by atomic mass is 19.4. The van der Waals surface area contributed by atoms with Gasteiger partial charge < -0.3 is 20.1 Å². The zero-order valence-electron chi connectivity index (χ0n) is 16.7. The van der Waals surface area contributed by atoms with Gasteiger partial charge in [-0.25, -0.2) is 4.79 Å². The summed E-state index contributed by atoms with van der Waals surface area (Å²) < 4.78 is 39.2. The number of piperidine rings is 1. The number of urea groups is 1. The van der Waals surface area contributed by atoms with Crippen LogP contribution >= 0.6 is 0 Å². The number of likely N-dealkylation sites (tertiary alicyclic amines) is 1. The second-order valence-corrected chi connectivity index (χ2v) is 7.99. The first kappa shape index (κ1) is 22.2. The number of nitrogens with one attached hydrogen (secondary N) is 2. The Balaban J connectivity index is 1.46. The van der Waals surface area contributed by atoms with Crippen LogP contribution in [0.3, 0.4) is 0 Å². The lowest BCUT2D eigenvalue weighted by atomic mass is 9.95. The molecule has 2 fully saturated rings. The number of halogens is 3. The molecule has 1 aliphatic carbocycles. The van der Waals surface area contributed by atoms with E-state index in [2.05, 4.69) is 10.6 Å². The van der Waals surface area contributed by atoms with E-state index in [1.54, 1.807) is 4.90 Å². The molecule has 3 amide bonds. The monoisotopic (exact) mass is 428 g/mol. The van der Waals surface area contributed by atoms with Crippen LogP contribution in [0.15, 0.2) is 23.1 Å². The average Bonchev–Trinajstić information content (AvgIpc) is 2.70. The molecule has 3 rings (SSSR count). The van der Waals surface area contributed by atoms with Gasteiger partial charge in [0.25, 0.3) is 5.56 Å². The fourth-order valence-electron chi connectivity index (χ4n) is 3.99. The van der Waals surface area contributed by atoms with E-state index in [0.717, 1.165) is 36.3 Å². The van der Waals surface area contributed by atoms with Gasteiger partial charge in [-0.15, -0.1) is 0 Å². The summed E-state index contributed by atoms with van der Waals surface area (Å²) in [7, 11) is 0. The number of nitrogens with zero attached hydrogens (tertiary/aromatic N) is 2. The van der Waals surface area contributed by atoms with Crippen LogP contribution in [-0.4, -0.2) is 46.6 Å². The van der Waals surface area contributed by atoms with E-state index in [1.165, 1.54) is 6.42 Å². The molecule has 1 aromatic heterocycles. The van der Waals surface area contributed by atoms with Crippen LogP contribution in [0, 0.1) is 0 Å². The van der Waals surface area contributed by atoms with E-state index < -0.39 is 29.8 Å². The third kappa shape index (κ3) is 5.99. The maximum Gasteiger partial charge on any atom is 0.417 e. The summed E-state index contributed by atoms with van der Waals surface area (Å²) in [5, 5.41) is 5.83. The molecule has 0 aromatic carbocycles. The van der Waals surface area contributed by atoms with Crippen molar-refractivity contribution in [3.8, 4) is 0 Å². The molecule has 1 saturated heterocycles. The Bertz CT molecular complexity index is 810. The Morgan fingerprint density at radius 3 is 2.23 bits per heavy atom. The van der Waals surface area contributed by atoms with Gasteiger partial charge in [0, 0.05) is 37.4 Å². The number of amides is 3. The molecule has 2 heterocycles. The molecular formula is C20H27F3N4O3. The molecule has 1 aliphatic heterocycles. The van der Waals surface area contributed by atoms with Crippen molar-refractivity contribution in [1.82, 2.24) is 20.1 Å². The topological polar surface area (TPSA) is 83.4 Å². The van der Waals surface area contributed by atoms with Gasteiger partial charge in [0.2, 0.25) is 5.91 Å². The maximum atomic E-state index is 12.8. The molecule has 1 saturated carbocycles. The van der Waals surface area contributed by atoms with Crippen LogP contribution in [0.4, 0.5) is 18.0 Å². The normalized spacial score (nSPS) is 18.8. The predicted molar refractivity (Wildman–Crippen MR) is 104 cm³/mol. The van der Waals surface area contributed by atoms with Crippen molar-refractivity contribution >= 4 is 11.9 Å². The van der Waals surface area contributed by atoms with Crippen molar-refractivity contribution in [2.24, 2.45) is 0 Å². The van der Waals surface area contributed by atoms with Crippen LogP contribution in [0.2, 0.25) is 0 Å². The zero-order valence-corrected chi connectivity index (χ0v) is 16.7. The Morgan fingerprint density at radius 2 is 1.60 bits per heavy atom. The average molecular weight is 428 g/mol. The molecule has 0 radical (unpaired) electrons. The number of pyridine rings is 1. The Labute approximate surface area is 172 Å². The minimum atomic E-state index is -4.59. The quantitative estimate of drug-likeness (QED) is 0.773. The number of hydrogen-bond acceptors (Lipinski definition) is 3. The molecule has 1 aromatic rings. The van der Waals surface area contributed by atoms with E-state index >= 15 is 0 Å². The van der Waals surface area contributed by atoms with E-state index in [-0.39, 0.29) is 18.1 Å². The van der Waals surface area contributed by atoms with Crippen LogP contribution < -0.4 is 16.2 Å². The van der Waals surface area contributed by atoms with Gasteiger partial charge in [0.1, 0.15) is 6.54 Å². The summed E-state index contributed by atoms with van der Waals surface area (Å²) >= 11 is 0. The number of hydrogen-bond donors (Lipinski definition) is 2. The number of carbonyl (C=O) groups excluding carboxylic acids is 2. The molecule has 0 atom stereocenters. The van der Waals surface area contributed by atoms with Crippen molar-refractivity contribution in [3.05, 3.63) is 34.2 Å². The van der Waals surface area contributed by atoms with E-state index in [0.29, 0.717) is 38.2 Å². The fourth-order valence-corrected chi connectivity index (χ4v) is 3.99. The Hall–Kier alpha value is -2.52. The van der Waals surface area contributed by atoms with Gasteiger partial charge >= 0.3 is 12.2 Å². The van der Waals surface area contributed by atoms with Gasteiger partial charge in [-0.05, 0) is 31.7 Å².